The topological polar surface area (TPSA) is 37.4 Å². The second-order valence-corrected chi connectivity index (χ2v) is 7.10. The molecule has 2 fully saturated rings. The van der Waals surface area contributed by atoms with Gasteiger partial charge in [0, 0.05) is 0 Å². The minimum atomic E-state index is -0.124. The van der Waals surface area contributed by atoms with Gasteiger partial charge < -0.3 is 0 Å². The van der Waals surface area contributed by atoms with E-state index in [0.717, 1.165) is 18.5 Å². The van der Waals surface area contributed by atoms with Crippen LogP contribution in [0.1, 0.15) is 38.2 Å². The van der Waals surface area contributed by atoms with E-state index in [0.29, 0.717) is 5.92 Å². The van der Waals surface area contributed by atoms with Crippen molar-refractivity contribution in [2.45, 2.75) is 32.6 Å². The monoisotopic (exact) mass is 295 g/mol. The summed E-state index contributed by atoms with van der Waals surface area (Å²) in [6, 6.07) is 7.88. The number of hydrogen-bond acceptors (Lipinski definition) is 2. The zero-order valence-electron chi connectivity index (χ0n) is 13.0. The van der Waals surface area contributed by atoms with E-state index in [-0.39, 0.29) is 35.5 Å². The van der Waals surface area contributed by atoms with Gasteiger partial charge in [0.25, 0.3) is 0 Å². The second kappa shape index (κ2) is 4.80. The van der Waals surface area contributed by atoms with Crippen LogP contribution in [0.4, 0.5) is 5.69 Å². The van der Waals surface area contributed by atoms with E-state index in [4.69, 9.17) is 0 Å². The van der Waals surface area contributed by atoms with Gasteiger partial charge in [0.1, 0.15) is 0 Å². The molecule has 1 aliphatic heterocycles. The van der Waals surface area contributed by atoms with Gasteiger partial charge in [-0.05, 0) is 48.3 Å². The lowest BCUT2D eigenvalue weighted by Gasteiger charge is -2.38. The molecule has 2 amide bonds. The van der Waals surface area contributed by atoms with Crippen molar-refractivity contribution in [3.05, 3.63) is 42.0 Å². The van der Waals surface area contributed by atoms with E-state index in [1.54, 1.807) is 0 Å². The highest BCUT2D eigenvalue weighted by atomic mass is 16.2. The SMILES string of the molecule is CC(C)c1ccc(N2C(=O)[C@@H]3[C@@H](C2=O)[C@H]2C=C[C@@H]3CC2)cc1. The predicted molar refractivity (Wildman–Crippen MR) is 85.4 cm³/mol. The van der Waals surface area contributed by atoms with Gasteiger partial charge >= 0.3 is 0 Å². The molecule has 22 heavy (non-hydrogen) atoms. The average Bonchev–Trinajstić information content (AvgIpc) is 2.82. The van der Waals surface area contributed by atoms with Crippen molar-refractivity contribution in [3.63, 3.8) is 0 Å². The van der Waals surface area contributed by atoms with Gasteiger partial charge in [-0.2, -0.15) is 0 Å². The Morgan fingerprint density at radius 1 is 0.909 bits per heavy atom. The van der Waals surface area contributed by atoms with Gasteiger partial charge in [-0.15, -0.1) is 0 Å². The number of amides is 2. The molecule has 0 unspecified atom stereocenters. The first kappa shape index (κ1) is 13.7. The largest absolute Gasteiger partial charge is 0.274 e. The maximum atomic E-state index is 12.8. The summed E-state index contributed by atoms with van der Waals surface area (Å²) in [4.78, 5) is 27.1. The number of nitrogens with zero attached hydrogens (tertiary/aromatic N) is 1. The maximum absolute atomic E-state index is 12.8. The predicted octanol–water partition coefficient (Wildman–Crippen LogP) is 3.51. The number of carbonyl (C=O) groups is 2. The summed E-state index contributed by atoms with van der Waals surface area (Å²) >= 11 is 0. The highest BCUT2D eigenvalue weighted by Gasteiger charge is 2.56. The molecule has 4 atom stereocenters. The van der Waals surface area contributed by atoms with Crippen LogP contribution in [0.25, 0.3) is 0 Å². The second-order valence-electron chi connectivity index (χ2n) is 7.10. The van der Waals surface area contributed by atoms with E-state index < -0.39 is 0 Å². The zero-order valence-corrected chi connectivity index (χ0v) is 13.0. The Morgan fingerprint density at radius 3 is 1.82 bits per heavy atom. The molecule has 3 nitrogen and oxygen atoms in total. The Hall–Kier alpha value is -1.90. The van der Waals surface area contributed by atoms with Crippen LogP contribution >= 0.6 is 0 Å². The highest BCUT2D eigenvalue weighted by Crippen LogP contribution is 2.50. The van der Waals surface area contributed by atoms with E-state index >= 15 is 0 Å². The van der Waals surface area contributed by atoms with E-state index in [1.165, 1.54) is 10.5 Å². The van der Waals surface area contributed by atoms with Crippen molar-refractivity contribution in [3.8, 4) is 0 Å². The zero-order chi connectivity index (χ0) is 15.4. The fourth-order valence-corrected chi connectivity index (χ4v) is 4.34. The summed E-state index contributed by atoms with van der Waals surface area (Å²) in [5, 5.41) is 0. The minimum Gasteiger partial charge on any atom is -0.274 e. The Bertz CT molecular complexity index is 627. The molecule has 0 aromatic heterocycles. The maximum Gasteiger partial charge on any atom is 0.238 e. The fourth-order valence-electron chi connectivity index (χ4n) is 4.34. The molecule has 1 saturated carbocycles. The Balaban J connectivity index is 1.69. The van der Waals surface area contributed by atoms with Crippen molar-refractivity contribution < 1.29 is 9.59 Å². The first-order valence-corrected chi connectivity index (χ1v) is 8.24. The molecule has 4 aliphatic rings. The third-order valence-electron chi connectivity index (χ3n) is 5.58. The van der Waals surface area contributed by atoms with Crippen LogP contribution in [0, 0.1) is 23.7 Å². The van der Waals surface area contributed by atoms with Crippen LogP contribution in [-0.2, 0) is 9.59 Å². The fraction of sp³-hybridized carbons (Fsp3) is 0.474. The normalized spacial score (nSPS) is 33.0. The Labute approximate surface area is 131 Å². The Morgan fingerprint density at radius 2 is 1.41 bits per heavy atom. The van der Waals surface area contributed by atoms with Crippen LogP contribution in [0.5, 0.6) is 0 Å². The highest BCUT2D eigenvalue weighted by molar-refractivity contribution is 6.22. The van der Waals surface area contributed by atoms with Crippen molar-refractivity contribution in [1.82, 2.24) is 0 Å². The molecular formula is C19H21NO2. The molecule has 0 radical (unpaired) electrons. The van der Waals surface area contributed by atoms with Crippen LogP contribution in [-0.4, -0.2) is 11.8 Å². The number of hydrogen-bond donors (Lipinski definition) is 0. The molecule has 114 valence electrons. The van der Waals surface area contributed by atoms with Gasteiger partial charge in [-0.1, -0.05) is 38.1 Å². The molecule has 1 heterocycles. The van der Waals surface area contributed by atoms with Crippen molar-refractivity contribution >= 4 is 17.5 Å². The van der Waals surface area contributed by atoms with Gasteiger partial charge in [0.05, 0.1) is 17.5 Å². The summed E-state index contributed by atoms with van der Waals surface area (Å²) in [6.45, 7) is 4.28. The first-order valence-electron chi connectivity index (χ1n) is 8.24. The van der Waals surface area contributed by atoms with Gasteiger partial charge in [0.15, 0.2) is 0 Å². The van der Waals surface area contributed by atoms with Crippen molar-refractivity contribution in [2.75, 3.05) is 4.90 Å². The first-order chi connectivity index (χ1) is 10.6. The van der Waals surface area contributed by atoms with E-state index in [1.807, 2.05) is 24.3 Å². The number of benzene rings is 1. The van der Waals surface area contributed by atoms with Crippen LogP contribution in [0.3, 0.4) is 0 Å². The number of allylic oxidation sites excluding steroid dienone is 2. The molecule has 0 N–H and O–H groups in total. The van der Waals surface area contributed by atoms with Crippen LogP contribution in [0.2, 0.25) is 0 Å². The molecule has 1 aromatic carbocycles. The quantitative estimate of drug-likeness (QED) is 0.618. The molecule has 1 aromatic rings. The number of rotatable bonds is 2. The summed E-state index contributed by atoms with van der Waals surface area (Å²) in [5.74, 6) is 0.721. The van der Waals surface area contributed by atoms with Gasteiger partial charge in [-0.3, -0.25) is 14.5 Å². The van der Waals surface area contributed by atoms with Crippen LogP contribution in [0.15, 0.2) is 36.4 Å². The minimum absolute atomic E-state index is 0.00588. The lowest BCUT2D eigenvalue weighted by molar-refractivity contribution is -0.124. The molecule has 3 aliphatic carbocycles. The summed E-state index contributed by atoms with van der Waals surface area (Å²) < 4.78 is 0. The lowest BCUT2D eigenvalue weighted by atomic mass is 9.63. The summed E-state index contributed by atoms with van der Waals surface area (Å²) in [7, 11) is 0. The molecule has 5 rings (SSSR count). The van der Waals surface area contributed by atoms with E-state index in [2.05, 4.69) is 26.0 Å². The molecule has 2 bridgehead atoms. The number of carbonyl (C=O) groups excluding carboxylic acids is 2. The third-order valence-corrected chi connectivity index (χ3v) is 5.58. The molecule has 1 saturated heterocycles. The number of fused-ring (bicyclic) bond motifs is 1. The lowest BCUT2D eigenvalue weighted by Crippen LogP contribution is -2.38. The smallest absolute Gasteiger partial charge is 0.238 e. The standard InChI is InChI=1S/C19H21NO2/c1-11(2)12-7-9-15(10-8-12)20-18(21)16-13-3-4-14(6-5-13)17(16)19(20)22/h3-4,7-11,13-14,16-17H,5-6H2,1-2H3/t13-,14+,16-,17-/m0/s1. The third kappa shape index (κ3) is 1.81. The number of imide groups is 1. The molecule has 0 spiro atoms. The molecule has 3 heteroatoms. The summed E-state index contributed by atoms with van der Waals surface area (Å²) in [5.41, 5.74) is 1.95. The van der Waals surface area contributed by atoms with E-state index in [9.17, 15) is 9.59 Å². The number of anilines is 1. The molecular weight excluding hydrogens is 274 g/mol. The average molecular weight is 295 g/mol. The van der Waals surface area contributed by atoms with Crippen molar-refractivity contribution in [1.29, 1.82) is 0 Å². The Kier molecular flexibility index (Phi) is 3.00. The van der Waals surface area contributed by atoms with Crippen molar-refractivity contribution in [2.24, 2.45) is 23.7 Å². The summed E-state index contributed by atoms with van der Waals surface area (Å²) in [6.07, 6.45) is 6.40. The van der Waals surface area contributed by atoms with Gasteiger partial charge in [0.2, 0.25) is 11.8 Å². The van der Waals surface area contributed by atoms with Gasteiger partial charge in [-0.25, -0.2) is 0 Å². The van der Waals surface area contributed by atoms with Crippen LogP contribution < -0.4 is 4.90 Å².